The van der Waals surface area contributed by atoms with Crippen LogP contribution >= 0.6 is 15.9 Å². The van der Waals surface area contributed by atoms with Gasteiger partial charge in [-0.25, -0.2) is 0 Å². The summed E-state index contributed by atoms with van der Waals surface area (Å²) in [6.07, 6.45) is 4.63. The second-order valence-electron chi connectivity index (χ2n) is 5.72. The molecule has 0 bridgehead atoms. The fraction of sp³-hybridized carbons (Fsp3) is 0.533. The van der Waals surface area contributed by atoms with Crippen LogP contribution < -0.4 is 4.74 Å². The van der Waals surface area contributed by atoms with Crippen molar-refractivity contribution in [1.82, 2.24) is 0 Å². The Morgan fingerprint density at radius 2 is 2.16 bits per heavy atom. The first-order valence-corrected chi connectivity index (χ1v) is 7.54. The molecule has 0 radical (unpaired) electrons. The Balaban J connectivity index is 1.81. The number of carboxylic acid groups (broad SMARTS) is 1. The molecule has 0 aromatic heterocycles. The van der Waals surface area contributed by atoms with E-state index in [1.165, 1.54) is 12.8 Å². The number of ether oxygens (including phenoxy) is 1. The topological polar surface area (TPSA) is 46.5 Å². The molecule has 3 nitrogen and oxygen atoms in total. The second-order valence-corrected chi connectivity index (χ2v) is 6.52. The predicted octanol–water partition coefficient (Wildman–Crippen LogP) is 3.74. The number of aliphatic carboxylic acids is 1. The summed E-state index contributed by atoms with van der Waals surface area (Å²) in [5.41, 5.74) is 0.909. The van der Waals surface area contributed by atoms with Gasteiger partial charge in [0.25, 0.3) is 0 Å². The lowest BCUT2D eigenvalue weighted by atomic mass is 9.92. The van der Waals surface area contributed by atoms with Gasteiger partial charge in [-0.3, -0.25) is 4.79 Å². The number of hydrogen-bond donors (Lipinski definition) is 1. The van der Waals surface area contributed by atoms with Crippen molar-refractivity contribution in [1.29, 1.82) is 0 Å². The Kier molecular flexibility index (Phi) is 3.29. The van der Waals surface area contributed by atoms with Crippen molar-refractivity contribution in [2.24, 2.45) is 5.92 Å². The smallest absolute Gasteiger partial charge is 0.304 e. The minimum Gasteiger partial charge on any atom is -0.492 e. The first-order valence-electron chi connectivity index (χ1n) is 6.74. The highest BCUT2D eigenvalue weighted by Gasteiger charge is 2.47. The van der Waals surface area contributed by atoms with Crippen LogP contribution in [0.1, 0.15) is 37.7 Å². The van der Waals surface area contributed by atoms with Crippen molar-refractivity contribution in [2.45, 2.75) is 37.5 Å². The molecule has 0 spiro atoms. The molecule has 1 aromatic carbocycles. The normalized spacial score (nSPS) is 20.1. The van der Waals surface area contributed by atoms with E-state index >= 15 is 0 Å². The zero-order valence-electron chi connectivity index (χ0n) is 10.7. The standard InChI is InChI=1S/C15H17BrO3/c16-14-11(15(6-7-15)8-13(17)18)2-1-3-12(14)19-9-10-4-5-10/h1-3,10H,4-9H2,(H,17,18). The van der Waals surface area contributed by atoms with E-state index < -0.39 is 5.97 Å². The molecule has 0 aliphatic heterocycles. The van der Waals surface area contributed by atoms with Gasteiger partial charge in [-0.2, -0.15) is 0 Å². The molecule has 0 amide bonds. The molecule has 0 heterocycles. The highest BCUT2D eigenvalue weighted by molar-refractivity contribution is 9.10. The molecule has 0 saturated heterocycles. The van der Waals surface area contributed by atoms with Crippen LogP contribution in [0, 0.1) is 5.92 Å². The van der Waals surface area contributed by atoms with Crippen molar-refractivity contribution in [3.05, 3.63) is 28.2 Å². The fourth-order valence-electron chi connectivity index (χ4n) is 2.51. The van der Waals surface area contributed by atoms with E-state index in [0.29, 0.717) is 5.92 Å². The van der Waals surface area contributed by atoms with Crippen LogP contribution in [-0.2, 0) is 10.2 Å². The van der Waals surface area contributed by atoms with Gasteiger partial charge in [-0.15, -0.1) is 0 Å². The molecule has 3 rings (SSSR count). The number of carboxylic acids is 1. The zero-order valence-corrected chi connectivity index (χ0v) is 12.3. The Morgan fingerprint density at radius 1 is 1.42 bits per heavy atom. The summed E-state index contributed by atoms with van der Waals surface area (Å²) in [4.78, 5) is 11.0. The maximum absolute atomic E-state index is 11.0. The molecule has 102 valence electrons. The highest BCUT2D eigenvalue weighted by Crippen LogP contribution is 2.54. The lowest BCUT2D eigenvalue weighted by Gasteiger charge is -2.17. The van der Waals surface area contributed by atoms with Crippen molar-refractivity contribution in [3.8, 4) is 5.75 Å². The van der Waals surface area contributed by atoms with Gasteiger partial charge in [0.05, 0.1) is 17.5 Å². The number of halogens is 1. The van der Waals surface area contributed by atoms with Crippen LogP contribution in [0.2, 0.25) is 0 Å². The third kappa shape index (κ3) is 2.78. The molecule has 2 aliphatic carbocycles. The molecule has 0 atom stereocenters. The Hall–Kier alpha value is -1.03. The van der Waals surface area contributed by atoms with Gasteiger partial charge < -0.3 is 9.84 Å². The molecule has 0 unspecified atom stereocenters. The van der Waals surface area contributed by atoms with E-state index in [4.69, 9.17) is 9.84 Å². The molecule has 2 aliphatic rings. The van der Waals surface area contributed by atoms with E-state index in [0.717, 1.165) is 35.2 Å². The minimum atomic E-state index is -0.728. The molecular weight excluding hydrogens is 308 g/mol. The summed E-state index contributed by atoms with van der Waals surface area (Å²) in [7, 11) is 0. The summed E-state index contributed by atoms with van der Waals surface area (Å²) in [6, 6.07) is 5.93. The lowest BCUT2D eigenvalue weighted by molar-refractivity contribution is -0.137. The van der Waals surface area contributed by atoms with Crippen LogP contribution in [0.5, 0.6) is 5.75 Å². The Labute approximate surface area is 121 Å². The molecular formula is C15H17BrO3. The molecule has 2 fully saturated rings. The lowest BCUT2D eigenvalue weighted by Crippen LogP contribution is -2.14. The van der Waals surface area contributed by atoms with Gasteiger partial charge in [0.1, 0.15) is 5.75 Å². The first kappa shape index (κ1) is 13.0. The van der Waals surface area contributed by atoms with Crippen molar-refractivity contribution in [3.63, 3.8) is 0 Å². The SMILES string of the molecule is O=C(O)CC1(c2cccc(OCC3CC3)c2Br)CC1. The van der Waals surface area contributed by atoms with Gasteiger partial charge in [0.15, 0.2) is 0 Å². The average molecular weight is 325 g/mol. The predicted molar refractivity (Wildman–Crippen MR) is 75.5 cm³/mol. The Morgan fingerprint density at radius 3 is 2.74 bits per heavy atom. The van der Waals surface area contributed by atoms with Crippen molar-refractivity contribution < 1.29 is 14.6 Å². The van der Waals surface area contributed by atoms with Crippen LogP contribution in [0.15, 0.2) is 22.7 Å². The van der Waals surface area contributed by atoms with E-state index in [1.54, 1.807) is 0 Å². The van der Waals surface area contributed by atoms with E-state index in [2.05, 4.69) is 15.9 Å². The summed E-state index contributed by atoms with van der Waals surface area (Å²) in [5, 5.41) is 9.05. The second kappa shape index (κ2) is 4.82. The van der Waals surface area contributed by atoms with Crippen LogP contribution in [0.25, 0.3) is 0 Å². The third-order valence-corrected chi connectivity index (χ3v) is 4.87. The number of carbonyl (C=O) groups is 1. The maximum Gasteiger partial charge on any atom is 0.304 e. The van der Waals surface area contributed by atoms with Gasteiger partial charge in [0.2, 0.25) is 0 Å². The molecule has 1 aromatic rings. The molecule has 19 heavy (non-hydrogen) atoms. The van der Waals surface area contributed by atoms with Gasteiger partial charge >= 0.3 is 5.97 Å². The summed E-state index contributed by atoms with van der Waals surface area (Å²) in [6.45, 7) is 0.772. The summed E-state index contributed by atoms with van der Waals surface area (Å²) >= 11 is 3.60. The molecule has 4 heteroatoms. The van der Waals surface area contributed by atoms with Gasteiger partial charge in [-0.1, -0.05) is 12.1 Å². The van der Waals surface area contributed by atoms with Gasteiger partial charge in [0, 0.05) is 5.41 Å². The maximum atomic E-state index is 11.0. The van der Waals surface area contributed by atoms with E-state index in [1.807, 2.05) is 18.2 Å². The largest absolute Gasteiger partial charge is 0.492 e. The van der Waals surface area contributed by atoms with Crippen molar-refractivity contribution >= 4 is 21.9 Å². The van der Waals surface area contributed by atoms with Crippen LogP contribution in [0.3, 0.4) is 0 Å². The van der Waals surface area contributed by atoms with Crippen LogP contribution in [-0.4, -0.2) is 17.7 Å². The number of benzene rings is 1. The minimum absolute atomic E-state index is 0.177. The average Bonchev–Trinajstić information content (AvgIpc) is 3.22. The van der Waals surface area contributed by atoms with E-state index in [9.17, 15) is 4.79 Å². The number of rotatable bonds is 6. The van der Waals surface area contributed by atoms with Crippen molar-refractivity contribution in [2.75, 3.05) is 6.61 Å². The van der Waals surface area contributed by atoms with Gasteiger partial charge in [-0.05, 0) is 59.2 Å². The highest BCUT2D eigenvalue weighted by atomic mass is 79.9. The molecule has 2 saturated carbocycles. The molecule has 1 N–H and O–H groups in total. The number of hydrogen-bond acceptors (Lipinski definition) is 2. The fourth-order valence-corrected chi connectivity index (χ4v) is 3.31. The van der Waals surface area contributed by atoms with Crippen LogP contribution in [0.4, 0.5) is 0 Å². The summed E-state index contributed by atoms with van der Waals surface area (Å²) < 4.78 is 6.77. The summed E-state index contributed by atoms with van der Waals surface area (Å²) in [5.74, 6) is 0.833. The third-order valence-electron chi connectivity index (χ3n) is 4.05. The quantitative estimate of drug-likeness (QED) is 0.866. The first-order chi connectivity index (χ1) is 9.11. The zero-order chi connectivity index (χ0) is 13.5. The van der Waals surface area contributed by atoms with E-state index in [-0.39, 0.29) is 11.8 Å². The monoisotopic (exact) mass is 324 g/mol. The Bertz CT molecular complexity index is 504.